The minimum absolute atomic E-state index is 0.325. The summed E-state index contributed by atoms with van der Waals surface area (Å²) >= 11 is 0. The van der Waals surface area contributed by atoms with Crippen molar-refractivity contribution in [2.75, 3.05) is 19.7 Å². The van der Waals surface area contributed by atoms with E-state index in [1.54, 1.807) is 6.20 Å². The number of rotatable bonds is 3. The van der Waals surface area contributed by atoms with Crippen LogP contribution in [0.25, 0.3) is 11.0 Å². The second-order valence-corrected chi connectivity index (χ2v) is 5.25. The highest BCUT2D eigenvalue weighted by Gasteiger charge is 2.18. The minimum atomic E-state index is 0.325. The SMILES string of the molecule is OCC1CCN(Cc2ccc3cccnc3n2)CC1. The van der Waals surface area contributed by atoms with Gasteiger partial charge in [-0.05, 0) is 56.1 Å². The molecule has 4 nitrogen and oxygen atoms in total. The van der Waals surface area contributed by atoms with Crippen LogP contribution >= 0.6 is 0 Å². The number of hydrogen-bond acceptors (Lipinski definition) is 4. The molecular weight excluding hydrogens is 238 g/mol. The zero-order valence-electron chi connectivity index (χ0n) is 11.0. The van der Waals surface area contributed by atoms with Crippen molar-refractivity contribution in [1.29, 1.82) is 0 Å². The number of aliphatic hydroxyl groups excluding tert-OH is 1. The summed E-state index contributed by atoms with van der Waals surface area (Å²) in [7, 11) is 0. The van der Waals surface area contributed by atoms with Gasteiger partial charge >= 0.3 is 0 Å². The Hall–Kier alpha value is -1.52. The number of fused-ring (bicyclic) bond motifs is 1. The van der Waals surface area contributed by atoms with E-state index in [0.717, 1.165) is 49.2 Å². The number of aliphatic hydroxyl groups is 1. The number of hydrogen-bond donors (Lipinski definition) is 1. The Labute approximate surface area is 113 Å². The maximum atomic E-state index is 9.15. The van der Waals surface area contributed by atoms with Crippen LogP contribution in [0.15, 0.2) is 30.5 Å². The Balaban J connectivity index is 1.68. The molecule has 0 spiro atoms. The number of aromatic nitrogens is 2. The lowest BCUT2D eigenvalue weighted by Gasteiger charge is -2.30. The molecule has 0 radical (unpaired) electrons. The third kappa shape index (κ3) is 2.91. The predicted octanol–water partition coefficient (Wildman–Crippen LogP) is 1.83. The van der Waals surface area contributed by atoms with E-state index in [9.17, 15) is 0 Å². The zero-order chi connectivity index (χ0) is 13.1. The van der Waals surface area contributed by atoms with Crippen molar-refractivity contribution < 1.29 is 5.11 Å². The summed E-state index contributed by atoms with van der Waals surface area (Å²) in [5, 5.41) is 10.2. The van der Waals surface area contributed by atoms with Gasteiger partial charge in [0.05, 0.1) is 5.69 Å². The molecular formula is C15H19N3O. The topological polar surface area (TPSA) is 49.2 Å². The van der Waals surface area contributed by atoms with Crippen LogP contribution in [0.3, 0.4) is 0 Å². The number of nitrogens with zero attached hydrogens (tertiary/aromatic N) is 3. The Morgan fingerprint density at radius 1 is 1.21 bits per heavy atom. The molecule has 0 unspecified atom stereocenters. The van der Waals surface area contributed by atoms with Crippen LogP contribution in [0.5, 0.6) is 0 Å². The van der Waals surface area contributed by atoms with Crippen LogP contribution in [0.2, 0.25) is 0 Å². The van der Waals surface area contributed by atoms with Crippen LogP contribution in [-0.2, 0) is 6.54 Å². The Morgan fingerprint density at radius 3 is 2.84 bits per heavy atom. The Bertz CT molecular complexity index is 550. The van der Waals surface area contributed by atoms with Crippen LogP contribution in [0.1, 0.15) is 18.5 Å². The molecule has 0 aliphatic carbocycles. The maximum absolute atomic E-state index is 9.15. The van der Waals surface area contributed by atoms with Crippen molar-refractivity contribution in [3.8, 4) is 0 Å². The molecule has 1 aliphatic heterocycles. The second-order valence-electron chi connectivity index (χ2n) is 5.25. The van der Waals surface area contributed by atoms with Gasteiger partial charge < -0.3 is 5.11 Å². The lowest BCUT2D eigenvalue weighted by molar-refractivity contribution is 0.126. The molecule has 2 aromatic rings. The zero-order valence-corrected chi connectivity index (χ0v) is 11.0. The molecule has 0 atom stereocenters. The monoisotopic (exact) mass is 257 g/mol. The van der Waals surface area contributed by atoms with Gasteiger partial charge in [-0.15, -0.1) is 0 Å². The van der Waals surface area contributed by atoms with Gasteiger partial charge in [0.15, 0.2) is 5.65 Å². The average molecular weight is 257 g/mol. The predicted molar refractivity (Wildman–Crippen MR) is 74.6 cm³/mol. The van der Waals surface area contributed by atoms with Gasteiger partial charge in [0.25, 0.3) is 0 Å². The van der Waals surface area contributed by atoms with E-state index in [2.05, 4.69) is 27.0 Å². The van der Waals surface area contributed by atoms with Gasteiger partial charge in [-0.1, -0.05) is 0 Å². The normalized spacial score (nSPS) is 17.9. The fourth-order valence-corrected chi connectivity index (χ4v) is 2.64. The third-order valence-electron chi connectivity index (χ3n) is 3.87. The molecule has 1 N–H and O–H groups in total. The van der Waals surface area contributed by atoms with Gasteiger partial charge in [-0.2, -0.15) is 0 Å². The van der Waals surface area contributed by atoms with Crippen LogP contribution in [0, 0.1) is 5.92 Å². The maximum Gasteiger partial charge on any atom is 0.159 e. The fourth-order valence-electron chi connectivity index (χ4n) is 2.64. The van der Waals surface area contributed by atoms with Crippen molar-refractivity contribution in [3.05, 3.63) is 36.2 Å². The lowest BCUT2D eigenvalue weighted by Crippen LogP contribution is -2.34. The lowest BCUT2D eigenvalue weighted by atomic mass is 9.98. The summed E-state index contributed by atoms with van der Waals surface area (Å²) in [5.74, 6) is 0.488. The number of pyridine rings is 2. The van der Waals surface area contributed by atoms with E-state index in [4.69, 9.17) is 5.11 Å². The first-order valence-electron chi connectivity index (χ1n) is 6.89. The van der Waals surface area contributed by atoms with Crippen molar-refractivity contribution in [1.82, 2.24) is 14.9 Å². The van der Waals surface area contributed by atoms with E-state index < -0.39 is 0 Å². The van der Waals surface area contributed by atoms with E-state index >= 15 is 0 Å². The smallest absolute Gasteiger partial charge is 0.159 e. The quantitative estimate of drug-likeness (QED) is 0.911. The molecule has 19 heavy (non-hydrogen) atoms. The first-order valence-corrected chi connectivity index (χ1v) is 6.89. The molecule has 0 amide bonds. The summed E-state index contributed by atoms with van der Waals surface area (Å²) in [6.45, 7) is 3.30. The summed E-state index contributed by atoms with van der Waals surface area (Å²) in [6.07, 6.45) is 3.95. The van der Waals surface area contributed by atoms with E-state index in [1.165, 1.54) is 0 Å². The van der Waals surface area contributed by atoms with E-state index in [-0.39, 0.29) is 0 Å². The molecule has 0 saturated carbocycles. The highest BCUT2D eigenvalue weighted by atomic mass is 16.3. The van der Waals surface area contributed by atoms with Crippen LogP contribution < -0.4 is 0 Å². The standard InChI is InChI=1S/C15H19N3O/c19-11-12-5-8-18(9-6-12)10-14-4-3-13-2-1-7-16-15(13)17-14/h1-4,7,12,19H,5-6,8-11H2. The number of piperidine rings is 1. The summed E-state index contributed by atoms with van der Waals surface area (Å²) in [6, 6.07) is 8.14. The van der Waals surface area contributed by atoms with Crippen LogP contribution in [-0.4, -0.2) is 39.7 Å². The first-order chi connectivity index (χ1) is 9.35. The molecule has 1 saturated heterocycles. The van der Waals surface area contributed by atoms with E-state index in [0.29, 0.717) is 12.5 Å². The van der Waals surface area contributed by atoms with Crippen molar-refractivity contribution in [2.24, 2.45) is 5.92 Å². The van der Waals surface area contributed by atoms with Gasteiger partial charge in [0.1, 0.15) is 0 Å². The summed E-state index contributed by atoms with van der Waals surface area (Å²) < 4.78 is 0. The summed E-state index contributed by atoms with van der Waals surface area (Å²) in [4.78, 5) is 11.3. The molecule has 4 heteroatoms. The third-order valence-corrected chi connectivity index (χ3v) is 3.87. The van der Waals surface area contributed by atoms with Gasteiger partial charge in [-0.25, -0.2) is 9.97 Å². The second kappa shape index (κ2) is 5.63. The van der Waals surface area contributed by atoms with Crippen molar-refractivity contribution in [2.45, 2.75) is 19.4 Å². The average Bonchev–Trinajstić information content (AvgIpc) is 2.48. The Kier molecular flexibility index (Phi) is 3.71. The van der Waals surface area contributed by atoms with Gasteiger partial charge in [-0.3, -0.25) is 4.90 Å². The first kappa shape index (κ1) is 12.5. The van der Waals surface area contributed by atoms with Crippen molar-refractivity contribution >= 4 is 11.0 Å². The largest absolute Gasteiger partial charge is 0.396 e. The summed E-state index contributed by atoms with van der Waals surface area (Å²) in [5.41, 5.74) is 1.90. The molecule has 100 valence electrons. The molecule has 0 bridgehead atoms. The molecule has 2 aromatic heterocycles. The van der Waals surface area contributed by atoms with Crippen molar-refractivity contribution in [3.63, 3.8) is 0 Å². The highest BCUT2D eigenvalue weighted by Crippen LogP contribution is 2.18. The molecule has 3 rings (SSSR count). The highest BCUT2D eigenvalue weighted by molar-refractivity contribution is 5.74. The minimum Gasteiger partial charge on any atom is -0.396 e. The van der Waals surface area contributed by atoms with Crippen LogP contribution in [0.4, 0.5) is 0 Å². The van der Waals surface area contributed by atoms with Gasteiger partial charge in [0.2, 0.25) is 0 Å². The fraction of sp³-hybridized carbons (Fsp3) is 0.467. The van der Waals surface area contributed by atoms with E-state index in [1.807, 2.05) is 12.1 Å². The molecule has 3 heterocycles. The Morgan fingerprint density at radius 2 is 2.05 bits per heavy atom. The number of likely N-dealkylation sites (tertiary alicyclic amines) is 1. The van der Waals surface area contributed by atoms with Gasteiger partial charge in [0, 0.05) is 24.7 Å². The molecule has 0 aromatic carbocycles. The molecule has 1 fully saturated rings. The molecule has 1 aliphatic rings.